The van der Waals surface area contributed by atoms with E-state index in [9.17, 15) is 21.6 Å². The molecule has 2 aromatic heterocycles. The monoisotopic (exact) mass is 557 g/mol. The van der Waals surface area contributed by atoms with Gasteiger partial charge in [-0.1, -0.05) is 54.6 Å². The van der Waals surface area contributed by atoms with Crippen LogP contribution >= 0.6 is 11.3 Å². The molecule has 1 N–H and O–H groups in total. The lowest BCUT2D eigenvalue weighted by molar-refractivity contribution is 0.440. The topological polar surface area (TPSA) is 138 Å². The molecule has 5 aromatic rings. The van der Waals surface area contributed by atoms with Gasteiger partial charge in [-0.3, -0.25) is 4.21 Å². The summed E-state index contributed by atoms with van der Waals surface area (Å²) in [7, 11) is -4.16. The summed E-state index contributed by atoms with van der Waals surface area (Å²) in [4.78, 5) is 4.54. The van der Waals surface area contributed by atoms with Crippen molar-refractivity contribution in [1.29, 1.82) is 0 Å². The van der Waals surface area contributed by atoms with Gasteiger partial charge in [-0.05, 0) is 29.3 Å². The number of benzene rings is 3. The molecule has 0 aliphatic carbocycles. The molecule has 0 saturated carbocycles. The first-order chi connectivity index (χ1) is 17.8. The Morgan fingerprint density at radius 2 is 1.78 bits per heavy atom. The molecule has 9 nitrogen and oxygen atoms in total. The lowest BCUT2D eigenvalue weighted by atomic mass is 10.1. The molecule has 190 valence electrons. The highest BCUT2D eigenvalue weighted by Gasteiger charge is 2.37. The van der Waals surface area contributed by atoms with E-state index in [0.29, 0.717) is 5.52 Å². The highest BCUT2D eigenvalue weighted by atomic mass is 32.2. The first kappa shape index (κ1) is 25.3. The Morgan fingerprint density at radius 1 is 1.03 bits per heavy atom. The quantitative estimate of drug-likeness (QED) is 0.268. The van der Waals surface area contributed by atoms with E-state index in [1.807, 2.05) is 42.5 Å². The zero-order valence-electron chi connectivity index (χ0n) is 18.9. The molecule has 13 heteroatoms. The summed E-state index contributed by atoms with van der Waals surface area (Å²) in [5.41, 5.74) is 2.50. The predicted octanol–water partition coefficient (Wildman–Crippen LogP) is 4.07. The van der Waals surface area contributed by atoms with Gasteiger partial charge in [0.1, 0.15) is 10.8 Å². The molecular weight excluding hydrogens is 539 g/mol. The van der Waals surface area contributed by atoms with Crippen LogP contribution in [0.5, 0.6) is 0 Å². The maximum atomic E-state index is 14.3. The van der Waals surface area contributed by atoms with Crippen molar-refractivity contribution in [1.82, 2.24) is 19.9 Å². The average molecular weight is 558 g/mol. The van der Waals surface area contributed by atoms with Crippen LogP contribution in [0.4, 0.5) is 4.39 Å². The maximum absolute atomic E-state index is 14.3. The van der Waals surface area contributed by atoms with Crippen LogP contribution in [0.1, 0.15) is 27.6 Å². The Kier molecular flexibility index (Phi) is 7.22. The van der Waals surface area contributed by atoms with E-state index in [-0.39, 0.29) is 28.9 Å². The zero-order valence-corrected chi connectivity index (χ0v) is 21.4. The highest BCUT2D eigenvalue weighted by Crippen LogP contribution is 2.38. The van der Waals surface area contributed by atoms with Crippen molar-refractivity contribution < 1.29 is 26.0 Å². The molecule has 3 aromatic carbocycles. The normalized spacial score (nSPS) is 13.6. The molecular formula is C24H18FN4O5S3-. The van der Waals surface area contributed by atoms with E-state index in [1.54, 1.807) is 12.1 Å². The SMILES string of the molecule is O=S([O-])NCc1nnc(C(c2nc3ccc(-c4ccccc4)cc3s2)S(=O)(=O)Cc2ccccc2F)o1. The van der Waals surface area contributed by atoms with E-state index >= 15 is 0 Å². The third kappa shape index (κ3) is 5.65. The minimum Gasteiger partial charge on any atom is -0.760 e. The number of halogens is 1. The number of hydrogen-bond acceptors (Lipinski definition) is 9. The van der Waals surface area contributed by atoms with Gasteiger partial charge in [0.15, 0.2) is 15.1 Å². The van der Waals surface area contributed by atoms with Crippen molar-refractivity contribution in [3.63, 3.8) is 0 Å². The minimum atomic E-state index is -4.16. The third-order valence-electron chi connectivity index (χ3n) is 5.46. The fraction of sp³-hybridized carbons (Fsp3) is 0.125. The number of nitrogens with one attached hydrogen (secondary N) is 1. The predicted molar refractivity (Wildman–Crippen MR) is 136 cm³/mol. The number of aromatic nitrogens is 3. The number of thiazole rings is 1. The van der Waals surface area contributed by atoms with E-state index < -0.39 is 37.9 Å². The van der Waals surface area contributed by atoms with Crippen molar-refractivity contribution in [3.8, 4) is 11.1 Å². The van der Waals surface area contributed by atoms with Crippen LogP contribution in [-0.4, -0.2) is 32.4 Å². The summed E-state index contributed by atoms with van der Waals surface area (Å²) in [5.74, 6) is -1.70. The van der Waals surface area contributed by atoms with Gasteiger partial charge in [0.2, 0.25) is 11.8 Å². The molecule has 0 aliphatic rings. The molecule has 2 atom stereocenters. The van der Waals surface area contributed by atoms with Gasteiger partial charge in [-0.25, -0.2) is 22.5 Å². The summed E-state index contributed by atoms with van der Waals surface area (Å²) in [6.45, 7) is -0.316. The van der Waals surface area contributed by atoms with E-state index in [1.165, 1.54) is 18.2 Å². The van der Waals surface area contributed by atoms with E-state index in [4.69, 9.17) is 4.42 Å². The van der Waals surface area contributed by atoms with Gasteiger partial charge in [0, 0.05) is 16.8 Å². The second-order valence-electron chi connectivity index (χ2n) is 7.97. The first-order valence-corrected chi connectivity index (χ1v) is 14.5. The van der Waals surface area contributed by atoms with Crippen LogP contribution in [0.15, 0.2) is 77.2 Å². The van der Waals surface area contributed by atoms with E-state index in [0.717, 1.165) is 27.2 Å². The average Bonchev–Trinajstić information content (AvgIpc) is 3.51. The Balaban J connectivity index is 1.58. The third-order valence-corrected chi connectivity index (χ3v) is 8.93. The van der Waals surface area contributed by atoms with Gasteiger partial charge in [0.05, 0.1) is 22.5 Å². The van der Waals surface area contributed by atoms with Crippen molar-refractivity contribution in [2.75, 3.05) is 0 Å². The van der Waals surface area contributed by atoms with Gasteiger partial charge in [0.25, 0.3) is 0 Å². The van der Waals surface area contributed by atoms with Crippen molar-refractivity contribution in [2.24, 2.45) is 0 Å². The highest BCUT2D eigenvalue weighted by molar-refractivity contribution is 7.91. The molecule has 0 aliphatic heterocycles. The molecule has 37 heavy (non-hydrogen) atoms. The van der Waals surface area contributed by atoms with Crippen LogP contribution in [0.2, 0.25) is 0 Å². The van der Waals surface area contributed by atoms with Gasteiger partial charge >= 0.3 is 0 Å². The Hall–Kier alpha value is -3.36. The smallest absolute Gasteiger partial charge is 0.241 e. The molecule has 0 spiro atoms. The molecule has 0 fully saturated rings. The molecule has 0 amide bonds. The second-order valence-corrected chi connectivity index (χ2v) is 11.9. The van der Waals surface area contributed by atoms with Crippen molar-refractivity contribution in [2.45, 2.75) is 17.5 Å². The van der Waals surface area contributed by atoms with Crippen LogP contribution in [0.3, 0.4) is 0 Å². The Labute approximate surface area is 217 Å². The summed E-state index contributed by atoms with van der Waals surface area (Å²) in [6, 6.07) is 20.9. The minimum absolute atomic E-state index is 0.0110. The standard InChI is InChI=1S/C24H19FN4O5S3/c25-18-9-5-4-8-17(18)14-37(32,33)22(23-29-28-21(34-23)13-26-36(30)31)24-27-19-11-10-16(12-20(19)35-24)15-6-2-1-3-7-15/h1-12,22,26H,13-14H2,(H,30,31)/p-1. The number of hydrogen-bond donors (Lipinski definition) is 1. The van der Waals surface area contributed by atoms with Gasteiger partial charge in [-0.15, -0.1) is 21.5 Å². The Morgan fingerprint density at radius 3 is 2.54 bits per heavy atom. The summed E-state index contributed by atoms with van der Waals surface area (Å²) in [6.07, 6.45) is 0. The fourth-order valence-corrected chi connectivity index (χ4v) is 7.16. The maximum Gasteiger partial charge on any atom is 0.241 e. The molecule has 0 saturated heterocycles. The van der Waals surface area contributed by atoms with Gasteiger partial charge < -0.3 is 8.97 Å². The summed E-state index contributed by atoms with van der Waals surface area (Å²) in [5, 5.41) is 6.33. The molecule has 2 heterocycles. The van der Waals surface area contributed by atoms with Crippen LogP contribution < -0.4 is 4.72 Å². The molecule has 2 unspecified atom stereocenters. The first-order valence-electron chi connectivity index (χ1n) is 10.9. The Bertz CT molecular complexity index is 1690. The number of fused-ring (bicyclic) bond motifs is 1. The van der Waals surface area contributed by atoms with Crippen LogP contribution in [0, 0.1) is 5.82 Å². The summed E-state index contributed by atoms with van der Waals surface area (Å²) < 4.78 is 71.6. The van der Waals surface area contributed by atoms with Gasteiger partial charge in [-0.2, -0.15) is 0 Å². The van der Waals surface area contributed by atoms with Crippen LogP contribution in [0.25, 0.3) is 21.3 Å². The number of sulfone groups is 1. The van der Waals surface area contributed by atoms with Crippen LogP contribution in [-0.2, 0) is 33.4 Å². The second kappa shape index (κ2) is 10.6. The molecule has 0 radical (unpaired) electrons. The number of nitrogens with zero attached hydrogens (tertiary/aromatic N) is 3. The number of rotatable bonds is 9. The lowest BCUT2D eigenvalue weighted by Crippen LogP contribution is -2.18. The molecule has 0 bridgehead atoms. The molecule has 5 rings (SSSR count). The van der Waals surface area contributed by atoms with Crippen molar-refractivity contribution >= 4 is 42.7 Å². The zero-order chi connectivity index (χ0) is 26.0. The fourth-order valence-electron chi connectivity index (χ4n) is 3.76. The lowest BCUT2D eigenvalue weighted by Gasteiger charge is -2.12. The van der Waals surface area contributed by atoms with E-state index in [2.05, 4.69) is 19.9 Å². The van der Waals surface area contributed by atoms with Crippen molar-refractivity contribution in [3.05, 3.63) is 101 Å². The largest absolute Gasteiger partial charge is 0.760 e. The summed E-state index contributed by atoms with van der Waals surface area (Å²) >= 11 is -1.42.